The first-order valence-electron chi connectivity index (χ1n) is 8.62. The van der Waals surface area contributed by atoms with Gasteiger partial charge in [0.1, 0.15) is 0 Å². The number of imide groups is 1. The van der Waals surface area contributed by atoms with Gasteiger partial charge in [-0.3, -0.25) is 14.5 Å². The Morgan fingerprint density at radius 2 is 1.36 bits per heavy atom. The predicted octanol–water partition coefficient (Wildman–Crippen LogP) is 4.08. The molecule has 4 heteroatoms. The summed E-state index contributed by atoms with van der Waals surface area (Å²) in [6.07, 6.45) is 0. The largest absolute Gasteiger partial charge is 0.288 e. The standard InChI is InChI=1S/C21H19NO2S/c1-12(23)22-17-18(25-19(22)24)21(3)15-10-6-4-8-13(15)20(17,2)14-9-5-7-11-16(14)21/h4-11,17-18H,1-3H3/t17-,18+,20?,21?/m0/s1. The molecule has 0 spiro atoms. The summed E-state index contributed by atoms with van der Waals surface area (Å²) in [6, 6.07) is 16.9. The molecule has 2 atom stereocenters. The van der Waals surface area contributed by atoms with Crippen molar-refractivity contribution in [1.29, 1.82) is 0 Å². The molecule has 0 saturated carbocycles. The number of carbonyl (C=O) groups is 2. The van der Waals surface area contributed by atoms with Crippen molar-refractivity contribution >= 4 is 22.9 Å². The number of benzene rings is 2. The zero-order valence-corrected chi connectivity index (χ0v) is 15.3. The summed E-state index contributed by atoms with van der Waals surface area (Å²) in [6.45, 7) is 5.95. The van der Waals surface area contributed by atoms with Crippen LogP contribution in [0.1, 0.15) is 43.0 Å². The van der Waals surface area contributed by atoms with Gasteiger partial charge in [0.2, 0.25) is 5.91 Å². The molecule has 1 aliphatic heterocycles. The minimum Gasteiger partial charge on any atom is -0.275 e. The van der Waals surface area contributed by atoms with Gasteiger partial charge in [-0.2, -0.15) is 0 Å². The molecule has 2 aromatic carbocycles. The van der Waals surface area contributed by atoms with E-state index < -0.39 is 0 Å². The number of rotatable bonds is 0. The van der Waals surface area contributed by atoms with Crippen LogP contribution in [0.5, 0.6) is 0 Å². The molecule has 1 heterocycles. The van der Waals surface area contributed by atoms with E-state index in [4.69, 9.17) is 0 Å². The number of hydrogen-bond acceptors (Lipinski definition) is 3. The van der Waals surface area contributed by atoms with Crippen molar-refractivity contribution in [2.24, 2.45) is 0 Å². The van der Waals surface area contributed by atoms with Crippen molar-refractivity contribution in [2.45, 2.75) is 42.9 Å². The van der Waals surface area contributed by atoms with Crippen LogP contribution >= 0.6 is 11.8 Å². The number of hydrogen-bond donors (Lipinski definition) is 0. The molecule has 6 rings (SSSR count). The first kappa shape index (κ1) is 15.2. The fraction of sp³-hybridized carbons (Fsp3) is 0.333. The topological polar surface area (TPSA) is 37.4 Å². The van der Waals surface area contributed by atoms with E-state index in [0.29, 0.717) is 0 Å². The Morgan fingerprint density at radius 1 is 0.920 bits per heavy atom. The van der Waals surface area contributed by atoms with Gasteiger partial charge in [0, 0.05) is 23.0 Å². The highest BCUT2D eigenvalue weighted by atomic mass is 32.2. The zero-order valence-electron chi connectivity index (χ0n) is 14.4. The summed E-state index contributed by atoms with van der Waals surface area (Å²) in [5, 5.41) is -0.0701. The molecule has 126 valence electrons. The maximum absolute atomic E-state index is 12.8. The smallest absolute Gasteiger partial charge is 0.275 e. The Bertz CT molecular complexity index is 903. The molecular formula is C21H19NO2S. The molecule has 1 saturated heterocycles. The minimum atomic E-state index is -0.375. The van der Waals surface area contributed by atoms with E-state index in [1.165, 1.54) is 45.8 Å². The lowest BCUT2D eigenvalue weighted by Gasteiger charge is -2.59. The highest BCUT2D eigenvalue weighted by Gasteiger charge is 2.68. The van der Waals surface area contributed by atoms with Gasteiger partial charge in [0.05, 0.1) is 6.04 Å². The molecule has 2 amide bonds. The SMILES string of the molecule is CC(=O)N1C(=O)S[C@@H]2[C@H]1C1(C)c3ccccc3C2(C)c2ccccc21. The Hall–Kier alpha value is -2.07. The van der Waals surface area contributed by atoms with Crippen LogP contribution < -0.4 is 0 Å². The highest BCUT2D eigenvalue weighted by molar-refractivity contribution is 8.14. The third-order valence-electron chi connectivity index (χ3n) is 6.58. The second-order valence-corrected chi connectivity index (χ2v) is 8.73. The van der Waals surface area contributed by atoms with E-state index in [1.807, 2.05) is 0 Å². The Morgan fingerprint density at radius 3 is 1.80 bits per heavy atom. The van der Waals surface area contributed by atoms with Crippen molar-refractivity contribution in [2.75, 3.05) is 0 Å². The minimum absolute atomic E-state index is 0.0405. The zero-order chi connectivity index (χ0) is 17.6. The lowest BCUT2D eigenvalue weighted by molar-refractivity contribution is -0.128. The highest BCUT2D eigenvalue weighted by Crippen LogP contribution is 2.65. The van der Waals surface area contributed by atoms with Gasteiger partial charge in [-0.15, -0.1) is 0 Å². The van der Waals surface area contributed by atoms with Crippen LogP contribution in [0.3, 0.4) is 0 Å². The first-order chi connectivity index (χ1) is 11.9. The number of amides is 2. The normalized spacial score (nSPS) is 34.5. The molecule has 3 aliphatic carbocycles. The molecule has 0 radical (unpaired) electrons. The lowest BCUT2D eigenvalue weighted by Crippen LogP contribution is -2.65. The molecular weight excluding hydrogens is 330 g/mol. The second kappa shape index (κ2) is 4.55. The van der Waals surface area contributed by atoms with E-state index in [2.05, 4.69) is 62.4 Å². The monoisotopic (exact) mass is 349 g/mol. The average molecular weight is 349 g/mol. The van der Waals surface area contributed by atoms with Crippen LogP contribution in [0.4, 0.5) is 4.79 Å². The maximum Gasteiger partial charge on any atom is 0.288 e. The van der Waals surface area contributed by atoms with Gasteiger partial charge < -0.3 is 0 Å². The molecule has 2 bridgehead atoms. The molecule has 25 heavy (non-hydrogen) atoms. The summed E-state index contributed by atoms with van der Waals surface area (Å²) in [4.78, 5) is 26.6. The van der Waals surface area contributed by atoms with Crippen molar-refractivity contribution in [1.82, 2.24) is 4.90 Å². The molecule has 0 N–H and O–H groups in total. The summed E-state index contributed by atoms with van der Waals surface area (Å²) >= 11 is 1.34. The maximum atomic E-state index is 12.8. The summed E-state index contributed by atoms with van der Waals surface area (Å²) in [7, 11) is 0. The summed E-state index contributed by atoms with van der Waals surface area (Å²) in [5.41, 5.74) is 4.44. The van der Waals surface area contributed by atoms with Gasteiger partial charge in [0.15, 0.2) is 0 Å². The Kier molecular flexibility index (Phi) is 2.77. The molecule has 2 aromatic rings. The quantitative estimate of drug-likeness (QED) is 0.719. The van der Waals surface area contributed by atoms with Crippen molar-refractivity contribution in [3.8, 4) is 0 Å². The van der Waals surface area contributed by atoms with Crippen LogP contribution in [0, 0.1) is 0 Å². The Labute approximate surface area is 151 Å². The number of carbonyl (C=O) groups excluding carboxylic acids is 2. The third kappa shape index (κ3) is 1.51. The fourth-order valence-electron chi connectivity index (χ4n) is 5.49. The number of nitrogens with zero attached hydrogens (tertiary/aromatic N) is 1. The van der Waals surface area contributed by atoms with E-state index >= 15 is 0 Å². The molecule has 1 fully saturated rings. The fourth-order valence-corrected chi connectivity index (χ4v) is 7.08. The average Bonchev–Trinajstić information content (AvgIpc) is 2.98. The van der Waals surface area contributed by atoms with Gasteiger partial charge in [-0.1, -0.05) is 67.2 Å². The van der Waals surface area contributed by atoms with E-state index in [0.717, 1.165) is 0 Å². The van der Waals surface area contributed by atoms with E-state index in [1.54, 1.807) is 0 Å². The van der Waals surface area contributed by atoms with Crippen molar-refractivity contribution in [3.63, 3.8) is 0 Å². The van der Waals surface area contributed by atoms with Gasteiger partial charge in [0.25, 0.3) is 5.24 Å². The van der Waals surface area contributed by atoms with E-state index in [9.17, 15) is 9.59 Å². The molecule has 4 aliphatic rings. The van der Waals surface area contributed by atoms with Crippen LogP contribution in [0.15, 0.2) is 48.5 Å². The lowest BCUT2D eigenvalue weighted by atomic mass is 9.48. The van der Waals surface area contributed by atoms with Crippen LogP contribution in [-0.4, -0.2) is 27.3 Å². The third-order valence-corrected chi connectivity index (χ3v) is 7.96. The molecule has 0 unspecified atom stereocenters. The van der Waals surface area contributed by atoms with Gasteiger partial charge in [-0.05, 0) is 29.2 Å². The van der Waals surface area contributed by atoms with Crippen molar-refractivity contribution in [3.05, 3.63) is 70.8 Å². The van der Waals surface area contributed by atoms with E-state index in [-0.39, 0.29) is 33.3 Å². The van der Waals surface area contributed by atoms with Gasteiger partial charge >= 0.3 is 0 Å². The van der Waals surface area contributed by atoms with Gasteiger partial charge in [-0.25, -0.2) is 0 Å². The second-order valence-electron chi connectivity index (χ2n) is 7.63. The number of thioether (sulfide) groups is 1. The van der Waals surface area contributed by atoms with Crippen molar-refractivity contribution < 1.29 is 9.59 Å². The molecule has 0 aromatic heterocycles. The van der Waals surface area contributed by atoms with Crippen LogP contribution in [-0.2, 0) is 15.6 Å². The van der Waals surface area contributed by atoms with Crippen LogP contribution in [0.25, 0.3) is 0 Å². The molecule has 3 nitrogen and oxygen atoms in total. The first-order valence-corrected chi connectivity index (χ1v) is 9.50. The predicted molar refractivity (Wildman–Crippen MR) is 98.9 cm³/mol. The summed E-state index contributed by atoms with van der Waals surface area (Å²) in [5.74, 6) is -0.155. The summed E-state index contributed by atoms with van der Waals surface area (Å²) < 4.78 is 0. The Balaban J connectivity index is 1.92. The van der Waals surface area contributed by atoms with Crippen LogP contribution in [0.2, 0.25) is 0 Å².